The Hall–Kier alpha value is -3.54. The molecule has 6 heteroatoms. The number of pyridine rings is 1. The maximum atomic E-state index is 12.5. The SMILES string of the molecule is O=C(NCc1cn(-c2cccnc2)nn1)c1cccc2ccccc12. The third-order valence-electron chi connectivity index (χ3n) is 3.92. The van der Waals surface area contributed by atoms with E-state index in [1.165, 1.54) is 0 Å². The van der Waals surface area contributed by atoms with Crippen molar-refractivity contribution in [1.29, 1.82) is 0 Å². The maximum absolute atomic E-state index is 12.5. The first kappa shape index (κ1) is 15.0. The molecule has 0 spiro atoms. The first-order valence-corrected chi connectivity index (χ1v) is 7.89. The van der Waals surface area contributed by atoms with Gasteiger partial charge in [-0.25, -0.2) is 4.68 Å². The van der Waals surface area contributed by atoms with Crippen LogP contribution >= 0.6 is 0 Å². The fourth-order valence-electron chi connectivity index (χ4n) is 2.68. The summed E-state index contributed by atoms with van der Waals surface area (Å²) in [6.07, 6.45) is 5.18. The lowest BCUT2D eigenvalue weighted by atomic mass is 10.0. The van der Waals surface area contributed by atoms with Gasteiger partial charge in [-0.3, -0.25) is 9.78 Å². The van der Waals surface area contributed by atoms with Crippen molar-refractivity contribution < 1.29 is 4.79 Å². The van der Waals surface area contributed by atoms with E-state index in [2.05, 4.69) is 20.6 Å². The lowest BCUT2D eigenvalue weighted by Gasteiger charge is -2.06. The van der Waals surface area contributed by atoms with Crippen molar-refractivity contribution in [2.45, 2.75) is 6.54 Å². The standard InChI is InChI=1S/C19H15N5O/c25-19(18-9-3-6-14-5-1-2-8-17(14)18)21-11-15-13-24(23-22-15)16-7-4-10-20-12-16/h1-10,12-13H,11H2,(H,21,25). The molecule has 1 amide bonds. The number of amides is 1. The van der Waals surface area contributed by atoms with Gasteiger partial charge < -0.3 is 5.32 Å². The Bertz CT molecular complexity index is 1020. The van der Waals surface area contributed by atoms with Gasteiger partial charge >= 0.3 is 0 Å². The lowest BCUT2D eigenvalue weighted by Crippen LogP contribution is -2.23. The predicted molar refractivity (Wildman–Crippen MR) is 94.3 cm³/mol. The Balaban J connectivity index is 1.50. The number of nitrogens with one attached hydrogen (secondary N) is 1. The molecule has 0 atom stereocenters. The molecule has 1 N–H and O–H groups in total. The summed E-state index contributed by atoms with van der Waals surface area (Å²) >= 11 is 0. The van der Waals surface area contributed by atoms with Gasteiger partial charge in [0.25, 0.3) is 5.91 Å². The van der Waals surface area contributed by atoms with Gasteiger partial charge in [0.2, 0.25) is 0 Å². The van der Waals surface area contributed by atoms with Gasteiger partial charge in [0.15, 0.2) is 0 Å². The van der Waals surface area contributed by atoms with E-state index in [4.69, 9.17) is 0 Å². The van der Waals surface area contributed by atoms with Crippen molar-refractivity contribution in [2.24, 2.45) is 0 Å². The fourth-order valence-corrected chi connectivity index (χ4v) is 2.68. The van der Waals surface area contributed by atoms with E-state index in [1.54, 1.807) is 23.3 Å². The van der Waals surface area contributed by atoms with Crippen molar-refractivity contribution in [1.82, 2.24) is 25.3 Å². The minimum atomic E-state index is -0.132. The summed E-state index contributed by atoms with van der Waals surface area (Å²) in [5, 5.41) is 13.0. The van der Waals surface area contributed by atoms with Crippen LogP contribution in [-0.4, -0.2) is 25.9 Å². The fraction of sp³-hybridized carbons (Fsp3) is 0.0526. The van der Waals surface area contributed by atoms with Crippen LogP contribution < -0.4 is 5.32 Å². The maximum Gasteiger partial charge on any atom is 0.252 e. The van der Waals surface area contributed by atoms with Crippen molar-refractivity contribution in [3.8, 4) is 5.69 Å². The Morgan fingerprint density at radius 3 is 2.80 bits per heavy atom. The van der Waals surface area contributed by atoms with Crippen molar-refractivity contribution in [3.05, 3.63) is 84.4 Å². The van der Waals surface area contributed by atoms with Crippen LogP contribution in [0.4, 0.5) is 0 Å². The zero-order valence-corrected chi connectivity index (χ0v) is 13.3. The van der Waals surface area contributed by atoms with Crippen LogP contribution in [0.25, 0.3) is 16.5 Å². The number of hydrogen-bond donors (Lipinski definition) is 1. The summed E-state index contributed by atoms with van der Waals surface area (Å²) in [5.74, 6) is -0.132. The van der Waals surface area contributed by atoms with Crippen LogP contribution in [0.1, 0.15) is 16.1 Å². The minimum Gasteiger partial charge on any atom is -0.346 e. The molecular weight excluding hydrogens is 314 g/mol. The largest absolute Gasteiger partial charge is 0.346 e. The van der Waals surface area contributed by atoms with Gasteiger partial charge in [-0.2, -0.15) is 0 Å². The molecule has 0 aliphatic rings. The third-order valence-corrected chi connectivity index (χ3v) is 3.92. The average molecular weight is 329 g/mol. The molecule has 6 nitrogen and oxygen atoms in total. The van der Waals surface area contributed by atoms with Gasteiger partial charge in [-0.15, -0.1) is 5.10 Å². The van der Waals surface area contributed by atoms with Gasteiger partial charge in [0.1, 0.15) is 5.69 Å². The molecule has 2 aromatic heterocycles. The summed E-state index contributed by atoms with van der Waals surface area (Å²) in [7, 11) is 0. The molecule has 0 aliphatic heterocycles. The number of carbonyl (C=O) groups excluding carboxylic acids is 1. The van der Waals surface area contributed by atoms with Gasteiger partial charge in [0.05, 0.1) is 24.6 Å². The van der Waals surface area contributed by atoms with Crippen LogP contribution in [0.3, 0.4) is 0 Å². The first-order valence-electron chi connectivity index (χ1n) is 7.89. The lowest BCUT2D eigenvalue weighted by molar-refractivity contribution is 0.0952. The van der Waals surface area contributed by atoms with Gasteiger partial charge in [-0.1, -0.05) is 41.6 Å². The smallest absolute Gasteiger partial charge is 0.252 e. The topological polar surface area (TPSA) is 72.7 Å². The number of nitrogens with zero attached hydrogens (tertiary/aromatic N) is 4. The minimum absolute atomic E-state index is 0.132. The number of fused-ring (bicyclic) bond motifs is 1. The van der Waals surface area contributed by atoms with Crippen molar-refractivity contribution in [2.75, 3.05) is 0 Å². The van der Waals surface area contributed by atoms with Gasteiger partial charge in [-0.05, 0) is 29.0 Å². The normalized spacial score (nSPS) is 10.7. The number of benzene rings is 2. The number of carbonyl (C=O) groups is 1. The van der Waals surface area contributed by atoms with Crippen LogP contribution in [0.2, 0.25) is 0 Å². The Kier molecular flexibility index (Phi) is 3.92. The van der Waals surface area contributed by atoms with E-state index in [-0.39, 0.29) is 5.91 Å². The second kappa shape index (κ2) is 6.52. The third kappa shape index (κ3) is 3.10. The zero-order chi connectivity index (χ0) is 17.1. The van der Waals surface area contributed by atoms with Crippen molar-refractivity contribution in [3.63, 3.8) is 0 Å². The van der Waals surface area contributed by atoms with Crippen LogP contribution in [0.15, 0.2) is 73.2 Å². The van der Waals surface area contributed by atoms with E-state index in [0.717, 1.165) is 16.5 Å². The summed E-state index contributed by atoms with van der Waals surface area (Å²) in [6.45, 7) is 0.308. The summed E-state index contributed by atoms with van der Waals surface area (Å²) in [4.78, 5) is 16.6. The molecule has 0 saturated heterocycles. The summed E-state index contributed by atoms with van der Waals surface area (Å²) in [5.41, 5.74) is 2.15. The second-order valence-corrected chi connectivity index (χ2v) is 5.58. The van der Waals surface area contributed by atoms with Crippen LogP contribution in [0.5, 0.6) is 0 Å². The molecule has 0 radical (unpaired) electrons. The Labute approximate surface area is 144 Å². The molecule has 25 heavy (non-hydrogen) atoms. The number of aromatic nitrogens is 4. The quantitative estimate of drug-likeness (QED) is 0.625. The van der Waals surface area contributed by atoms with E-state index < -0.39 is 0 Å². The monoisotopic (exact) mass is 329 g/mol. The molecule has 0 aliphatic carbocycles. The molecule has 4 rings (SSSR count). The average Bonchev–Trinajstić information content (AvgIpc) is 3.15. The molecule has 0 unspecified atom stereocenters. The Morgan fingerprint density at radius 1 is 1.04 bits per heavy atom. The van der Waals surface area contributed by atoms with E-state index in [1.807, 2.05) is 54.6 Å². The van der Waals surface area contributed by atoms with E-state index in [0.29, 0.717) is 17.8 Å². The number of rotatable bonds is 4. The molecule has 0 bridgehead atoms. The molecule has 0 saturated carbocycles. The van der Waals surface area contributed by atoms with Crippen LogP contribution in [0, 0.1) is 0 Å². The number of hydrogen-bond acceptors (Lipinski definition) is 4. The molecule has 122 valence electrons. The van der Waals surface area contributed by atoms with E-state index >= 15 is 0 Å². The predicted octanol–water partition coefficient (Wildman–Crippen LogP) is 2.75. The second-order valence-electron chi connectivity index (χ2n) is 5.58. The van der Waals surface area contributed by atoms with E-state index in [9.17, 15) is 4.79 Å². The molecule has 0 fully saturated rings. The molecule has 2 heterocycles. The summed E-state index contributed by atoms with van der Waals surface area (Å²) < 4.78 is 1.63. The molecule has 4 aromatic rings. The zero-order valence-electron chi connectivity index (χ0n) is 13.3. The van der Waals surface area contributed by atoms with Gasteiger partial charge in [0, 0.05) is 11.8 Å². The highest BCUT2D eigenvalue weighted by Crippen LogP contribution is 2.18. The molecular formula is C19H15N5O. The van der Waals surface area contributed by atoms with Crippen LogP contribution in [-0.2, 0) is 6.54 Å². The highest BCUT2D eigenvalue weighted by Gasteiger charge is 2.10. The Morgan fingerprint density at radius 2 is 1.92 bits per heavy atom. The highest BCUT2D eigenvalue weighted by atomic mass is 16.1. The highest BCUT2D eigenvalue weighted by molar-refractivity contribution is 6.06. The van der Waals surface area contributed by atoms with Crippen molar-refractivity contribution >= 4 is 16.7 Å². The first-order chi connectivity index (χ1) is 12.3. The summed E-state index contributed by atoms with van der Waals surface area (Å²) in [6, 6.07) is 17.2. The molecule has 2 aromatic carbocycles.